The zero-order valence-electron chi connectivity index (χ0n) is 12.2. The maximum absolute atomic E-state index is 12.4. The van der Waals surface area contributed by atoms with E-state index in [-0.39, 0.29) is 17.2 Å². The first-order valence-corrected chi connectivity index (χ1v) is 6.73. The summed E-state index contributed by atoms with van der Waals surface area (Å²) in [6.07, 6.45) is 1.52. The number of anilines is 1. The fraction of sp³-hybridized carbons (Fsp3) is 0.0625. The second-order valence-electron chi connectivity index (χ2n) is 4.71. The average molecular weight is 311 g/mol. The number of carbonyl (C=O) groups excluding carboxylic acids is 2. The number of nitrogens with two attached hydrogens (primary N) is 1. The van der Waals surface area contributed by atoms with Gasteiger partial charge >= 0.3 is 0 Å². The summed E-state index contributed by atoms with van der Waals surface area (Å²) in [4.78, 5) is 27.9. The third-order valence-corrected chi connectivity index (χ3v) is 3.28. The quantitative estimate of drug-likeness (QED) is 0.768. The monoisotopic (exact) mass is 311 g/mol. The minimum Gasteiger partial charge on any atom is -0.497 e. The smallest absolute Gasteiger partial charge is 0.286 e. The van der Waals surface area contributed by atoms with Gasteiger partial charge in [-0.3, -0.25) is 9.59 Å². The number of nitrogens with zero attached hydrogens (tertiary/aromatic N) is 1. The van der Waals surface area contributed by atoms with Gasteiger partial charge in [-0.05, 0) is 36.4 Å². The van der Waals surface area contributed by atoms with Crippen molar-refractivity contribution in [3.63, 3.8) is 0 Å². The highest BCUT2D eigenvalue weighted by atomic mass is 16.5. The van der Waals surface area contributed by atoms with E-state index >= 15 is 0 Å². The number of carbonyl (C=O) groups is 2. The van der Waals surface area contributed by atoms with Crippen molar-refractivity contribution in [2.75, 3.05) is 12.4 Å². The molecular weight excluding hydrogens is 298 g/mol. The minimum atomic E-state index is -0.784. The second-order valence-corrected chi connectivity index (χ2v) is 4.71. The molecule has 1 aromatic carbocycles. The molecule has 7 nitrogen and oxygen atoms in total. The molecule has 0 aliphatic heterocycles. The molecule has 2 aromatic heterocycles. The van der Waals surface area contributed by atoms with E-state index in [9.17, 15) is 9.59 Å². The van der Waals surface area contributed by atoms with Crippen molar-refractivity contribution in [1.29, 1.82) is 0 Å². The first-order valence-electron chi connectivity index (χ1n) is 6.73. The Bertz CT molecular complexity index is 884. The molecule has 0 bridgehead atoms. The van der Waals surface area contributed by atoms with Crippen LogP contribution in [0.3, 0.4) is 0 Å². The molecule has 0 aliphatic rings. The van der Waals surface area contributed by atoms with Crippen molar-refractivity contribution >= 4 is 28.6 Å². The molecule has 0 saturated carbocycles. The third-order valence-electron chi connectivity index (χ3n) is 3.28. The van der Waals surface area contributed by atoms with Crippen molar-refractivity contribution < 1.29 is 18.7 Å². The van der Waals surface area contributed by atoms with E-state index in [0.717, 1.165) is 0 Å². The summed E-state index contributed by atoms with van der Waals surface area (Å²) in [7, 11) is 1.54. The SMILES string of the molecule is COc1ccc(C(=O)Nc2c(C(N)=O)oc3ncccc23)cc1. The molecule has 0 radical (unpaired) electrons. The van der Waals surface area contributed by atoms with Crippen LogP contribution in [0.2, 0.25) is 0 Å². The first-order chi connectivity index (χ1) is 11.1. The van der Waals surface area contributed by atoms with E-state index in [1.807, 2.05) is 0 Å². The van der Waals surface area contributed by atoms with Crippen LogP contribution < -0.4 is 15.8 Å². The zero-order valence-corrected chi connectivity index (χ0v) is 12.2. The van der Waals surface area contributed by atoms with E-state index < -0.39 is 11.8 Å². The van der Waals surface area contributed by atoms with Gasteiger partial charge in [-0.1, -0.05) is 0 Å². The maximum atomic E-state index is 12.4. The Morgan fingerprint density at radius 3 is 2.61 bits per heavy atom. The lowest BCUT2D eigenvalue weighted by Crippen LogP contribution is -2.17. The molecule has 0 aliphatic carbocycles. The zero-order chi connectivity index (χ0) is 16.4. The average Bonchev–Trinajstić information content (AvgIpc) is 2.94. The number of hydrogen-bond donors (Lipinski definition) is 2. The largest absolute Gasteiger partial charge is 0.497 e. The molecule has 7 heteroatoms. The molecular formula is C16H13N3O4. The lowest BCUT2D eigenvalue weighted by Gasteiger charge is -2.06. The van der Waals surface area contributed by atoms with Crippen molar-refractivity contribution in [1.82, 2.24) is 4.98 Å². The number of amides is 2. The molecule has 23 heavy (non-hydrogen) atoms. The van der Waals surface area contributed by atoms with Crippen molar-refractivity contribution in [3.8, 4) is 5.75 Å². The Labute approximate surface area is 131 Å². The van der Waals surface area contributed by atoms with Gasteiger partial charge in [0, 0.05) is 11.8 Å². The predicted molar refractivity (Wildman–Crippen MR) is 83.5 cm³/mol. The molecule has 2 heterocycles. The number of aromatic nitrogens is 1. The normalized spacial score (nSPS) is 10.5. The van der Waals surface area contributed by atoms with Crippen LogP contribution in [0.15, 0.2) is 47.0 Å². The first kappa shape index (κ1) is 14.6. The van der Waals surface area contributed by atoms with Gasteiger partial charge < -0.3 is 20.2 Å². The van der Waals surface area contributed by atoms with Crippen molar-refractivity contribution in [3.05, 3.63) is 53.9 Å². The summed E-state index contributed by atoms with van der Waals surface area (Å²) < 4.78 is 10.4. The topological polar surface area (TPSA) is 107 Å². The summed E-state index contributed by atoms with van der Waals surface area (Å²) >= 11 is 0. The molecule has 2 amide bonds. The molecule has 3 rings (SSSR count). The van der Waals surface area contributed by atoms with Crippen LogP contribution in [0.4, 0.5) is 5.69 Å². The molecule has 0 spiro atoms. The van der Waals surface area contributed by atoms with Crippen LogP contribution in [0, 0.1) is 0 Å². The van der Waals surface area contributed by atoms with E-state index in [0.29, 0.717) is 16.7 Å². The third kappa shape index (κ3) is 2.71. The van der Waals surface area contributed by atoms with Crippen molar-refractivity contribution in [2.45, 2.75) is 0 Å². The summed E-state index contributed by atoms with van der Waals surface area (Å²) in [5, 5.41) is 3.16. The van der Waals surface area contributed by atoms with Gasteiger partial charge in [0.1, 0.15) is 11.4 Å². The van der Waals surface area contributed by atoms with Gasteiger partial charge in [-0.2, -0.15) is 0 Å². The number of ether oxygens (including phenoxy) is 1. The Hall–Kier alpha value is -3.35. The molecule has 0 unspecified atom stereocenters. The minimum absolute atomic E-state index is 0.138. The summed E-state index contributed by atoms with van der Waals surface area (Å²) in [5.41, 5.74) is 6.14. The number of hydrogen-bond acceptors (Lipinski definition) is 5. The highest BCUT2D eigenvalue weighted by Crippen LogP contribution is 2.29. The number of fused-ring (bicyclic) bond motifs is 1. The summed E-state index contributed by atoms with van der Waals surface area (Å²) in [5.74, 6) is -0.687. The van der Waals surface area contributed by atoms with Crippen LogP contribution in [0.1, 0.15) is 20.9 Å². The van der Waals surface area contributed by atoms with Gasteiger partial charge in [-0.25, -0.2) is 4.98 Å². The van der Waals surface area contributed by atoms with Crippen LogP contribution in [-0.2, 0) is 0 Å². The number of rotatable bonds is 4. The highest BCUT2D eigenvalue weighted by Gasteiger charge is 2.21. The Balaban J connectivity index is 1.98. The number of methoxy groups -OCH3 is 1. The van der Waals surface area contributed by atoms with Gasteiger partial charge in [0.15, 0.2) is 0 Å². The number of pyridine rings is 1. The number of primary amides is 1. The Morgan fingerprint density at radius 1 is 1.22 bits per heavy atom. The summed E-state index contributed by atoms with van der Waals surface area (Å²) in [6.45, 7) is 0. The fourth-order valence-electron chi connectivity index (χ4n) is 2.16. The Kier molecular flexibility index (Phi) is 3.68. The van der Waals surface area contributed by atoms with Crippen LogP contribution in [0.5, 0.6) is 5.75 Å². The number of benzene rings is 1. The van der Waals surface area contributed by atoms with Gasteiger partial charge in [0.25, 0.3) is 11.8 Å². The lowest BCUT2D eigenvalue weighted by molar-refractivity contribution is 0.0977. The number of furan rings is 1. The van der Waals surface area contributed by atoms with Gasteiger partial charge in [0.2, 0.25) is 11.5 Å². The standard InChI is InChI=1S/C16H13N3O4/c1-22-10-6-4-9(5-7-10)15(21)19-12-11-3-2-8-18-16(11)23-13(12)14(17)20/h2-8H,1H3,(H2,17,20)(H,19,21). The fourth-order valence-corrected chi connectivity index (χ4v) is 2.16. The van der Waals surface area contributed by atoms with Crippen LogP contribution in [-0.4, -0.2) is 23.9 Å². The molecule has 0 atom stereocenters. The second kappa shape index (κ2) is 5.80. The molecule has 0 saturated heterocycles. The lowest BCUT2D eigenvalue weighted by atomic mass is 10.2. The summed E-state index contributed by atoms with van der Waals surface area (Å²) in [6, 6.07) is 9.91. The van der Waals surface area contributed by atoms with E-state index in [2.05, 4.69) is 10.3 Å². The van der Waals surface area contributed by atoms with E-state index in [1.54, 1.807) is 43.5 Å². The predicted octanol–water partition coefficient (Wildman–Crippen LogP) is 2.19. The molecule has 3 aromatic rings. The van der Waals surface area contributed by atoms with E-state index in [4.69, 9.17) is 14.9 Å². The van der Waals surface area contributed by atoms with Gasteiger partial charge in [0.05, 0.1) is 12.5 Å². The Morgan fingerprint density at radius 2 is 1.96 bits per heavy atom. The molecule has 116 valence electrons. The van der Waals surface area contributed by atoms with Gasteiger partial charge in [-0.15, -0.1) is 0 Å². The maximum Gasteiger partial charge on any atom is 0.286 e. The van der Waals surface area contributed by atoms with Crippen LogP contribution in [0.25, 0.3) is 11.1 Å². The molecule has 3 N–H and O–H groups in total. The van der Waals surface area contributed by atoms with Crippen LogP contribution >= 0.6 is 0 Å². The van der Waals surface area contributed by atoms with Crippen molar-refractivity contribution in [2.24, 2.45) is 5.73 Å². The highest BCUT2D eigenvalue weighted by molar-refractivity contribution is 6.13. The number of nitrogens with one attached hydrogen (secondary N) is 1. The molecule has 0 fully saturated rings. The van der Waals surface area contributed by atoms with E-state index in [1.165, 1.54) is 6.20 Å².